The Hall–Kier alpha value is -0.530. The van der Waals surface area contributed by atoms with Crippen LogP contribution in [0, 0.1) is 16.7 Å². The van der Waals surface area contributed by atoms with Gasteiger partial charge in [0, 0.05) is 12.3 Å². The first-order chi connectivity index (χ1) is 7.38. The molecule has 0 amide bonds. The van der Waals surface area contributed by atoms with Crippen molar-refractivity contribution in [1.82, 2.24) is 0 Å². The van der Waals surface area contributed by atoms with Crippen LogP contribution in [0.1, 0.15) is 59.3 Å². The highest BCUT2D eigenvalue weighted by Crippen LogP contribution is 2.62. The number of ether oxygens (including phenoxy) is 1. The van der Waals surface area contributed by atoms with Crippen molar-refractivity contribution in [3.05, 3.63) is 0 Å². The lowest BCUT2D eigenvalue weighted by Crippen LogP contribution is -2.51. The fourth-order valence-corrected chi connectivity index (χ4v) is 4.62. The van der Waals surface area contributed by atoms with Gasteiger partial charge < -0.3 is 4.74 Å². The highest BCUT2D eigenvalue weighted by atomic mass is 16.6. The Labute approximate surface area is 97.7 Å². The summed E-state index contributed by atoms with van der Waals surface area (Å²) in [7, 11) is 0. The van der Waals surface area contributed by atoms with Gasteiger partial charge >= 0.3 is 5.97 Å². The van der Waals surface area contributed by atoms with Gasteiger partial charge in [-0.3, -0.25) is 4.79 Å². The van der Waals surface area contributed by atoms with E-state index < -0.39 is 0 Å². The van der Waals surface area contributed by atoms with E-state index >= 15 is 0 Å². The van der Waals surface area contributed by atoms with Crippen LogP contribution in [-0.2, 0) is 9.53 Å². The summed E-state index contributed by atoms with van der Waals surface area (Å²) in [6, 6.07) is 0. The highest BCUT2D eigenvalue weighted by molar-refractivity contribution is 5.80. The molecule has 0 aromatic heterocycles. The molecule has 1 saturated heterocycles. The third-order valence-electron chi connectivity index (χ3n) is 5.46. The van der Waals surface area contributed by atoms with Crippen molar-refractivity contribution in [1.29, 1.82) is 0 Å². The van der Waals surface area contributed by atoms with Crippen LogP contribution in [0.3, 0.4) is 0 Å². The summed E-state index contributed by atoms with van der Waals surface area (Å²) in [4.78, 5) is 12.0. The summed E-state index contributed by atoms with van der Waals surface area (Å²) in [5.41, 5.74) is 0.0972. The van der Waals surface area contributed by atoms with Gasteiger partial charge in [-0.15, -0.1) is 0 Å². The van der Waals surface area contributed by atoms with Crippen LogP contribution < -0.4 is 0 Å². The average molecular weight is 222 g/mol. The van der Waals surface area contributed by atoms with Crippen LogP contribution in [0.15, 0.2) is 0 Å². The van der Waals surface area contributed by atoms with E-state index in [1.165, 1.54) is 19.3 Å². The smallest absolute Gasteiger partial charge is 0.312 e. The second-order valence-electron chi connectivity index (χ2n) is 7.13. The van der Waals surface area contributed by atoms with Gasteiger partial charge in [0.25, 0.3) is 0 Å². The monoisotopic (exact) mass is 222 g/mol. The normalized spacial score (nSPS) is 49.7. The maximum atomic E-state index is 12.0. The topological polar surface area (TPSA) is 26.3 Å². The molecule has 1 spiro atoms. The zero-order chi connectivity index (χ0) is 11.6. The van der Waals surface area contributed by atoms with E-state index in [1.54, 1.807) is 0 Å². The van der Waals surface area contributed by atoms with E-state index in [0.717, 1.165) is 19.3 Å². The van der Waals surface area contributed by atoms with Gasteiger partial charge in [-0.2, -0.15) is 0 Å². The zero-order valence-electron chi connectivity index (χ0n) is 10.6. The van der Waals surface area contributed by atoms with Crippen molar-refractivity contribution < 1.29 is 9.53 Å². The largest absolute Gasteiger partial charge is 0.458 e. The molecule has 1 aliphatic heterocycles. The van der Waals surface area contributed by atoms with Crippen LogP contribution in [0.5, 0.6) is 0 Å². The zero-order valence-corrected chi connectivity index (χ0v) is 10.6. The third-order valence-corrected chi connectivity index (χ3v) is 5.46. The number of hydrogen-bond acceptors (Lipinski definition) is 2. The molecule has 0 aromatic carbocycles. The fraction of sp³-hybridized carbons (Fsp3) is 0.929. The summed E-state index contributed by atoms with van der Waals surface area (Å²) >= 11 is 0. The maximum Gasteiger partial charge on any atom is 0.312 e. The van der Waals surface area contributed by atoms with E-state index in [4.69, 9.17) is 4.74 Å². The Kier molecular flexibility index (Phi) is 1.88. The molecule has 2 bridgehead atoms. The lowest BCUT2D eigenvalue weighted by molar-refractivity contribution is -0.163. The molecule has 2 nitrogen and oxygen atoms in total. The van der Waals surface area contributed by atoms with Crippen LogP contribution >= 0.6 is 0 Å². The lowest BCUT2D eigenvalue weighted by atomic mass is 9.53. The van der Waals surface area contributed by atoms with Crippen molar-refractivity contribution >= 4 is 5.97 Å². The van der Waals surface area contributed by atoms with Crippen LogP contribution in [-0.4, -0.2) is 11.6 Å². The summed E-state index contributed by atoms with van der Waals surface area (Å²) in [6.07, 6.45) is 6.78. The molecule has 1 heterocycles. The third kappa shape index (κ3) is 1.16. The standard InChI is InChI=1S/C14H22O2/c1-12(2)6-4-7-14-9-13(3,11(15)16-14)8-5-10(12)14/h10H,4-9H2,1-3H3/t10-,13-,14-/m0/s1. The first-order valence-electron chi connectivity index (χ1n) is 6.62. The number of esters is 1. The van der Waals surface area contributed by atoms with Crippen LogP contribution in [0.2, 0.25) is 0 Å². The molecule has 3 atom stereocenters. The van der Waals surface area contributed by atoms with Crippen molar-refractivity contribution in [3.8, 4) is 0 Å². The summed E-state index contributed by atoms with van der Waals surface area (Å²) in [5.74, 6) is 0.668. The second-order valence-corrected chi connectivity index (χ2v) is 7.13. The molecule has 0 radical (unpaired) electrons. The molecule has 2 saturated carbocycles. The van der Waals surface area contributed by atoms with E-state index in [0.29, 0.717) is 11.3 Å². The van der Waals surface area contributed by atoms with Crippen LogP contribution in [0.4, 0.5) is 0 Å². The molecule has 0 N–H and O–H groups in total. The van der Waals surface area contributed by atoms with Crippen molar-refractivity contribution in [2.24, 2.45) is 16.7 Å². The van der Waals surface area contributed by atoms with Gasteiger partial charge in [-0.25, -0.2) is 0 Å². The predicted molar refractivity (Wildman–Crippen MR) is 61.9 cm³/mol. The Bertz CT molecular complexity index is 347. The summed E-state index contributed by atoms with van der Waals surface area (Å²) < 4.78 is 5.88. The molecule has 0 aromatic rings. The Morgan fingerprint density at radius 3 is 2.69 bits per heavy atom. The molecular formula is C14H22O2. The molecular weight excluding hydrogens is 200 g/mol. The van der Waals surface area contributed by atoms with E-state index in [1.807, 2.05) is 0 Å². The summed E-state index contributed by atoms with van der Waals surface area (Å²) in [6.45, 7) is 6.81. The number of rotatable bonds is 0. The first-order valence-corrected chi connectivity index (χ1v) is 6.62. The van der Waals surface area contributed by atoms with Gasteiger partial charge in [0.15, 0.2) is 0 Å². The van der Waals surface area contributed by atoms with Gasteiger partial charge in [-0.1, -0.05) is 13.8 Å². The number of fused-ring (bicyclic) bond motifs is 1. The molecule has 3 fully saturated rings. The Balaban J connectivity index is 2.01. The molecule has 3 aliphatic rings. The van der Waals surface area contributed by atoms with Gasteiger partial charge in [0.05, 0.1) is 5.41 Å². The molecule has 2 heteroatoms. The fourth-order valence-electron chi connectivity index (χ4n) is 4.62. The van der Waals surface area contributed by atoms with Crippen molar-refractivity contribution in [2.45, 2.75) is 64.9 Å². The van der Waals surface area contributed by atoms with E-state index in [9.17, 15) is 4.79 Å². The van der Waals surface area contributed by atoms with Crippen molar-refractivity contribution in [2.75, 3.05) is 0 Å². The Morgan fingerprint density at radius 1 is 1.19 bits per heavy atom. The first kappa shape index (κ1) is 10.6. The van der Waals surface area contributed by atoms with E-state index in [-0.39, 0.29) is 17.0 Å². The maximum absolute atomic E-state index is 12.0. The Morgan fingerprint density at radius 2 is 1.94 bits per heavy atom. The number of hydrogen-bond donors (Lipinski definition) is 0. The molecule has 2 aliphatic carbocycles. The van der Waals surface area contributed by atoms with Gasteiger partial charge in [0.2, 0.25) is 0 Å². The minimum absolute atomic E-state index is 0.0766. The molecule has 16 heavy (non-hydrogen) atoms. The quantitative estimate of drug-likeness (QED) is 0.588. The molecule has 0 unspecified atom stereocenters. The lowest BCUT2D eigenvalue weighted by Gasteiger charge is -2.52. The summed E-state index contributed by atoms with van der Waals surface area (Å²) in [5, 5.41) is 0. The second kappa shape index (κ2) is 2.83. The minimum atomic E-state index is -0.163. The predicted octanol–water partition coefficient (Wildman–Crippen LogP) is 3.30. The molecule has 3 rings (SSSR count). The van der Waals surface area contributed by atoms with Gasteiger partial charge in [0.1, 0.15) is 5.60 Å². The number of carbonyl (C=O) groups excluding carboxylic acids is 1. The molecule has 90 valence electrons. The average Bonchev–Trinajstić information content (AvgIpc) is 2.32. The van der Waals surface area contributed by atoms with Gasteiger partial charge in [-0.05, 0) is 44.4 Å². The van der Waals surface area contributed by atoms with Crippen molar-refractivity contribution in [3.63, 3.8) is 0 Å². The van der Waals surface area contributed by atoms with E-state index in [2.05, 4.69) is 20.8 Å². The SMILES string of the molecule is CC1(C)CCC[C@]23C[C@](C)(CC[C@@H]12)C(=O)O3. The van der Waals surface area contributed by atoms with Crippen LogP contribution in [0.25, 0.3) is 0 Å². The highest BCUT2D eigenvalue weighted by Gasteiger charge is 2.64. The minimum Gasteiger partial charge on any atom is -0.458 e. The number of carbonyl (C=O) groups is 1.